The minimum atomic E-state index is -0.193. The average Bonchev–Trinajstić information content (AvgIpc) is 3.41. The summed E-state index contributed by atoms with van der Waals surface area (Å²) in [6, 6.07) is 14.4. The number of fused-ring (bicyclic) bond motifs is 1. The van der Waals surface area contributed by atoms with Gasteiger partial charge in [0.25, 0.3) is 5.91 Å². The van der Waals surface area contributed by atoms with E-state index in [4.69, 9.17) is 0 Å². The number of aryl methyl sites for hydroxylation is 1. The molecule has 32 heavy (non-hydrogen) atoms. The number of carbonyl (C=O) groups is 1. The van der Waals surface area contributed by atoms with Gasteiger partial charge in [-0.25, -0.2) is 4.98 Å². The highest BCUT2D eigenvalue weighted by molar-refractivity contribution is 6.18. The number of carbonyl (C=O) groups excluding carboxylic acids is 1. The van der Waals surface area contributed by atoms with Gasteiger partial charge in [-0.15, -0.1) is 0 Å². The molecule has 0 fully saturated rings. The van der Waals surface area contributed by atoms with E-state index in [-0.39, 0.29) is 11.9 Å². The molecule has 2 heterocycles. The fourth-order valence-corrected chi connectivity index (χ4v) is 4.24. The van der Waals surface area contributed by atoms with Gasteiger partial charge in [-0.1, -0.05) is 51.5 Å². The molecule has 1 N–H and O–H groups in total. The summed E-state index contributed by atoms with van der Waals surface area (Å²) in [5.74, 6) is 0.0203. The third kappa shape index (κ3) is 4.38. The van der Waals surface area contributed by atoms with Crippen LogP contribution in [-0.4, -0.2) is 28.6 Å². The van der Waals surface area contributed by atoms with Crippen LogP contribution < -0.4 is 4.90 Å². The Balaban J connectivity index is 0.00000141. The number of amides is 1. The fourth-order valence-electron chi connectivity index (χ4n) is 4.24. The molecule has 0 saturated heterocycles. The lowest BCUT2D eigenvalue weighted by Gasteiger charge is -2.28. The van der Waals surface area contributed by atoms with Crippen molar-refractivity contribution in [2.45, 2.75) is 59.9 Å². The van der Waals surface area contributed by atoms with Crippen molar-refractivity contribution < 1.29 is 4.79 Å². The van der Waals surface area contributed by atoms with Gasteiger partial charge >= 0.3 is 0 Å². The lowest BCUT2D eigenvalue weighted by atomic mass is 9.93. The molecule has 5 heteroatoms. The number of unbranched alkanes of at least 4 members (excludes halogenated alkanes) is 1. The molecule has 3 aromatic rings. The average molecular weight is 431 g/mol. The maximum Gasteiger partial charge on any atom is 0.255 e. The zero-order valence-electron chi connectivity index (χ0n) is 20.1. The van der Waals surface area contributed by atoms with Gasteiger partial charge in [-0.3, -0.25) is 14.7 Å². The molecule has 1 unspecified atom stereocenters. The zero-order valence-corrected chi connectivity index (χ0v) is 20.1. The largest absolute Gasteiger partial charge is 0.345 e. The minimum absolute atomic E-state index is 0.0203. The maximum atomic E-state index is 13.4. The van der Waals surface area contributed by atoms with Gasteiger partial charge in [0.15, 0.2) is 0 Å². The van der Waals surface area contributed by atoms with Crippen molar-refractivity contribution in [2.24, 2.45) is 4.99 Å². The van der Waals surface area contributed by atoms with Crippen LogP contribution >= 0.6 is 0 Å². The van der Waals surface area contributed by atoms with E-state index in [9.17, 15) is 4.79 Å². The summed E-state index contributed by atoms with van der Waals surface area (Å²) < 4.78 is 0. The predicted molar refractivity (Wildman–Crippen MR) is 134 cm³/mol. The van der Waals surface area contributed by atoms with E-state index < -0.39 is 0 Å². The first-order chi connectivity index (χ1) is 15.5. The molecule has 1 aliphatic rings. The molecular weight excluding hydrogens is 396 g/mol. The van der Waals surface area contributed by atoms with Crippen LogP contribution in [0.1, 0.15) is 64.6 Å². The van der Waals surface area contributed by atoms with Gasteiger partial charge < -0.3 is 4.98 Å². The molecule has 0 bridgehead atoms. The summed E-state index contributed by atoms with van der Waals surface area (Å²) >= 11 is 0. The fraction of sp³-hybridized carbons (Fsp3) is 0.370. The lowest BCUT2D eigenvalue weighted by molar-refractivity contribution is -0.114. The van der Waals surface area contributed by atoms with Crippen LogP contribution in [0.5, 0.6) is 0 Å². The molecule has 1 aromatic heterocycles. The topological polar surface area (TPSA) is 61.4 Å². The van der Waals surface area contributed by atoms with E-state index in [1.165, 1.54) is 18.4 Å². The number of hydrogen-bond acceptors (Lipinski definition) is 3. The van der Waals surface area contributed by atoms with Crippen molar-refractivity contribution in [3.8, 4) is 0 Å². The molecule has 1 aliphatic heterocycles. The third-order valence-electron chi connectivity index (χ3n) is 6.00. The lowest BCUT2D eigenvalue weighted by Crippen LogP contribution is -2.30. The van der Waals surface area contributed by atoms with Gasteiger partial charge in [0.05, 0.1) is 23.4 Å². The molecule has 0 radical (unpaired) electrons. The van der Waals surface area contributed by atoms with Crippen molar-refractivity contribution in [3.05, 3.63) is 71.1 Å². The second-order valence-electron chi connectivity index (χ2n) is 7.87. The zero-order chi connectivity index (χ0) is 23.3. The van der Waals surface area contributed by atoms with Crippen molar-refractivity contribution in [3.63, 3.8) is 0 Å². The smallest absolute Gasteiger partial charge is 0.255 e. The van der Waals surface area contributed by atoms with Crippen LogP contribution in [0.2, 0.25) is 0 Å². The van der Waals surface area contributed by atoms with E-state index in [2.05, 4.69) is 46.1 Å². The Kier molecular flexibility index (Phi) is 7.62. The van der Waals surface area contributed by atoms with Gasteiger partial charge in [-0.05, 0) is 56.0 Å². The second-order valence-corrected chi connectivity index (χ2v) is 7.87. The van der Waals surface area contributed by atoms with Gasteiger partial charge in [-0.2, -0.15) is 0 Å². The first-order valence-electron chi connectivity index (χ1n) is 11.5. The first kappa shape index (κ1) is 23.5. The number of rotatable bonds is 6. The molecule has 1 atom stereocenters. The first-order valence-corrected chi connectivity index (χ1v) is 11.5. The summed E-state index contributed by atoms with van der Waals surface area (Å²) in [6.45, 7) is 10.1. The normalized spacial score (nSPS) is 16.6. The number of hydrogen-bond donors (Lipinski definition) is 1. The maximum absolute atomic E-state index is 13.4. The highest BCUT2D eigenvalue weighted by atomic mass is 16.2. The van der Waals surface area contributed by atoms with E-state index in [0.29, 0.717) is 0 Å². The van der Waals surface area contributed by atoms with Crippen molar-refractivity contribution in [1.29, 1.82) is 0 Å². The molecule has 1 amide bonds. The van der Waals surface area contributed by atoms with Crippen LogP contribution in [0.3, 0.4) is 0 Å². The number of aromatic amines is 1. The van der Waals surface area contributed by atoms with Crippen LogP contribution in [0.15, 0.2) is 64.9 Å². The molecule has 0 aliphatic carbocycles. The third-order valence-corrected chi connectivity index (χ3v) is 6.00. The number of imidazole rings is 1. The van der Waals surface area contributed by atoms with Crippen molar-refractivity contribution >= 4 is 28.3 Å². The standard InChI is InChI=1S/C25H28N4O.C2H6/c1-5-6-7-18-8-10-19(11-9-18)24-23(17(3)26-4)16(2)25(30)29(24)20-12-13-21-22(14-20)28-15-27-21;1-2/h8-15,24H,5-7H2,1-4H3,(H,27,28);1-2H3. The predicted octanol–water partition coefficient (Wildman–Crippen LogP) is 6.43. The van der Waals surface area contributed by atoms with Gasteiger partial charge in [0.2, 0.25) is 0 Å². The monoisotopic (exact) mass is 430 g/mol. The quantitative estimate of drug-likeness (QED) is 0.458. The van der Waals surface area contributed by atoms with Gasteiger partial charge in [0, 0.05) is 29.6 Å². The number of aliphatic imine (C=N–C) groups is 1. The SMILES string of the molecule is CC.CCCCc1ccc(C2C(C(C)=NC)=C(C)C(=O)N2c2ccc3nc[nH]c3c2)cc1. The Morgan fingerprint density at radius 2 is 1.88 bits per heavy atom. The minimum Gasteiger partial charge on any atom is -0.345 e. The number of nitrogens with one attached hydrogen (secondary N) is 1. The highest BCUT2D eigenvalue weighted by Crippen LogP contribution is 2.42. The summed E-state index contributed by atoms with van der Waals surface area (Å²) in [5.41, 5.74) is 7.73. The van der Waals surface area contributed by atoms with E-state index in [0.717, 1.165) is 45.6 Å². The number of benzene rings is 2. The Bertz CT molecular complexity index is 1140. The summed E-state index contributed by atoms with van der Waals surface area (Å²) in [4.78, 5) is 27.2. The van der Waals surface area contributed by atoms with Crippen molar-refractivity contribution in [1.82, 2.24) is 9.97 Å². The van der Waals surface area contributed by atoms with E-state index in [1.807, 2.05) is 50.8 Å². The van der Waals surface area contributed by atoms with Crippen molar-refractivity contribution in [2.75, 3.05) is 11.9 Å². The summed E-state index contributed by atoms with van der Waals surface area (Å²) in [7, 11) is 1.78. The Morgan fingerprint density at radius 3 is 2.53 bits per heavy atom. The number of anilines is 1. The van der Waals surface area contributed by atoms with Crippen LogP contribution in [0, 0.1) is 0 Å². The summed E-state index contributed by atoms with van der Waals surface area (Å²) in [6.07, 6.45) is 5.12. The Hall–Kier alpha value is -3.21. The molecule has 0 spiro atoms. The van der Waals surface area contributed by atoms with Crippen LogP contribution in [0.4, 0.5) is 5.69 Å². The highest BCUT2D eigenvalue weighted by Gasteiger charge is 2.40. The number of H-pyrrole nitrogens is 1. The number of aromatic nitrogens is 2. The van der Waals surface area contributed by atoms with E-state index >= 15 is 0 Å². The molecule has 2 aromatic carbocycles. The second kappa shape index (κ2) is 10.4. The molecule has 168 valence electrons. The molecule has 4 rings (SSSR count). The number of nitrogens with zero attached hydrogens (tertiary/aromatic N) is 3. The van der Waals surface area contributed by atoms with Crippen LogP contribution in [0.25, 0.3) is 11.0 Å². The molecule has 0 saturated carbocycles. The Morgan fingerprint density at radius 1 is 1.16 bits per heavy atom. The summed E-state index contributed by atoms with van der Waals surface area (Å²) in [5, 5.41) is 0. The molecular formula is C27H34N4O. The van der Waals surface area contributed by atoms with Gasteiger partial charge in [0.1, 0.15) is 0 Å². The molecule has 5 nitrogen and oxygen atoms in total. The Labute approximate surface area is 191 Å². The van der Waals surface area contributed by atoms with Crippen LogP contribution in [-0.2, 0) is 11.2 Å². The van der Waals surface area contributed by atoms with E-state index in [1.54, 1.807) is 13.4 Å².